The number of nitrogens with one attached hydrogen (secondary N) is 1. The lowest BCUT2D eigenvalue weighted by molar-refractivity contribution is 0.0536. The molecule has 1 rings (SSSR count). The first kappa shape index (κ1) is 9.67. The molecule has 1 aromatic heterocycles. The smallest absolute Gasteiger partial charge is 0.275 e. The van der Waals surface area contributed by atoms with Gasteiger partial charge in [0, 0.05) is 18.0 Å². The van der Waals surface area contributed by atoms with Crippen LogP contribution < -0.4 is 5.48 Å². The van der Waals surface area contributed by atoms with Crippen LogP contribution in [0.4, 0.5) is 0 Å². The molecule has 4 nitrogen and oxygen atoms in total. The molecule has 13 heavy (non-hydrogen) atoms. The monoisotopic (exact) mass is 180 g/mol. The zero-order valence-electron chi connectivity index (χ0n) is 7.70. The highest BCUT2D eigenvalue weighted by Crippen LogP contribution is 2.06. The van der Waals surface area contributed by atoms with E-state index in [9.17, 15) is 4.79 Å². The third kappa shape index (κ3) is 2.26. The molecule has 1 amide bonds. The molecule has 0 unspecified atom stereocenters. The van der Waals surface area contributed by atoms with Crippen LogP contribution >= 0.6 is 0 Å². The number of aryl methyl sites for hydroxylation is 1. The average molecular weight is 180 g/mol. The van der Waals surface area contributed by atoms with Gasteiger partial charge in [0.25, 0.3) is 5.91 Å². The van der Waals surface area contributed by atoms with Gasteiger partial charge in [-0.25, -0.2) is 5.48 Å². The van der Waals surface area contributed by atoms with Crippen LogP contribution in [0.1, 0.15) is 22.8 Å². The maximum absolute atomic E-state index is 11.4. The predicted molar refractivity (Wildman–Crippen MR) is 48.1 cm³/mol. The van der Waals surface area contributed by atoms with Crippen LogP contribution in [0.2, 0.25) is 0 Å². The molecule has 0 atom stereocenters. The molecule has 1 heterocycles. The number of carbonyl (C=O) groups excluding carboxylic acids is 1. The Kier molecular flexibility index (Phi) is 3.40. The molecule has 0 aliphatic rings. The van der Waals surface area contributed by atoms with Gasteiger partial charge in [0.05, 0.1) is 7.11 Å². The Morgan fingerprint density at radius 2 is 2.46 bits per heavy atom. The first-order valence-corrected chi connectivity index (χ1v) is 4.05. The van der Waals surface area contributed by atoms with Gasteiger partial charge in [-0.15, -0.1) is 0 Å². The van der Waals surface area contributed by atoms with E-state index in [0.717, 1.165) is 12.0 Å². The van der Waals surface area contributed by atoms with Crippen LogP contribution in [0.3, 0.4) is 0 Å². The molecule has 0 aliphatic carbocycles. The second kappa shape index (κ2) is 4.57. The Balaban J connectivity index is 2.92. The Morgan fingerprint density at radius 1 is 1.69 bits per heavy atom. The zero-order valence-corrected chi connectivity index (χ0v) is 7.70. The number of aromatic nitrogens is 1. The van der Waals surface area contributed by atoms with Crippen molar-refractivity contribution in [2.75, 3.05) is 7.11 Å². The highest BCUT2D eigenvalue weighted by molar-refractivity contribution is 5.94. The summed E-state index contributed by atoms with van der Waals surface area (Å²) in [5.41, 5.74) is 3.79. The molecule has 0 aromatic carbocycles. The van der Waals surface area contributed by atoms with Crippen LogP contribution in [-0.2, 0) is 11.3 Å². The number of hydroxylamine groups is 1. The van der Waals surface area contributed by atoms with Crippen LogP contribution in [-0.4, -0.2) is 18.0 Å². The summed E-state index contributed by atoms with van der Waals surface area (Å²) in [7, 11) is 1.41. The number of amides is 1. The number of rotatable bonds is 3. The molecule has 1 N–H and O–H groups in total. The molecule has 0 saturated heterocycles. The zero-order chi connectivity index (χ0) is 9.68. The summed E-state index contributed by atoms with van der Waals surface area (Å²) in [4.78, 5) is 19.8. The fraction of sp³-hybridized carbons (Fsp3) is 0.333. The third-order valence-electron chi connectivity index (χ3n) is 1.72. The standard InChI is InChI=1S/C9H12N2O2/c1-3-7-6-10-5-4-8(7)9(12)11-13-2/h4-6H,3H2,1-2H3,(H,11,12). The van der Waals surface area contributed by atoms with Gasteiger partial charge in [-0.05, 0) is 18.1 Å². The molecular formula is C9H12N2O2. The fourth-order valence-electron chi connectivity index (χ4n) is 1.08. The highest BCUT2D eigenvalue weighted by atomic mass is 16.6. The summed E-state index contributed by atoms with van der Waals surface area (Å²) in [6.07, 6.45) is 4.05. The van der Waals surface area contributed by atoms with Gasteiger partial charge in [0.2, 0.25) is 0 Å². The van der Waals surface area contributed by atoms with Crippen molar-refractivity contribution in [3.63, 3.8) is 0 Å². The molecule has 0 aliphatic heterocycles. The molecule has 0 spiro atoms. The van der Waals surface area contributed by atoms with Crippen LogP contribution in [0.5, 0.6) is 0 Å². The van der Waals surface area contributed by atoms with Gasteiger partial charge in [0.15, 0.2) is 0 Å². The second-order valence-electron chi connectivity index (χ2n) is 2.52. The molecule has 4 heteroatoms. The van der Waals surface area contributed by atoms with Crippen molar-refractivity contribution in [3.8, 4) is 0 Å². The number of nitrogens with zero attached hydrogens (tertiary/aromatic N) is 1. The molecule has 1 aromatic rings. The van der Waals surface area contributed by atoms with Gasteiger partial charge in [-0.3, -0.25) is 14.6 Å². The molecule has 0 radical (unpaired) electrons. The van der Waals surface area contributed by atoms with Crippen LogP contribution in [0.15, 0.2) is 18.5 Å². The van der Waals surface area contributed by atoms with Crippen molar-refractivity contribution in [2.45, 2.75) is 13.3 Å². The molecule has 0 saturated carbocycles. The van der Waals surface area contributed by atoms with E-state index in [2.05, 4.69) is 15.3 Å². The van der Waals surface area contributed by atoms with E-state index in [0.29, 0.717) is 5.56 Å². The summed E-state index contributed by atoms with van der Waals surface area (Å²) >= 11 is 0. The Labute approximate surface area is 76.9 Å². The predicted octanol–water partition coefficient (Wildman–Crippen LogP) is 0.935. The topological polar surface area (TPSA) is 51.2 Å². The summed E-state index contributed by atoms with van der Waals surface area (Å²) in [5.74, 6) is -0.234. The van der Waals surface area contributed by atoms with Crippen molar-refractivity contribution in [1.82, 2.24) is 10.5 Å². The first-order valence-electron chi connectivity index (χ1n) is 4.05. The van der Waals surface area contributed by atoms with Crippen molar-refractivity contribution in [2.24, 2.45) is 0 Å². The molecular weight excluding hydrogens is 168 g/mol. The van der Waals surface area contributed by atoms with E-state index in [1.165, 1.54) is 7.11 Å². The van der Waals surface area contributed by atoms with E-state index in [-0.39, 0.29) is 5.91 Å². The maximum Gasteiger partial charge on any atom is 0.275 e. The fourth-order valence-corrected chi connectivity index (χ4v) is 1.08. The minimum absolute atomic E-state index is 0.234. The normalized spacial score (nSPS) is 9.69. The summed E-state index contributed by atoms with van der Waals surface area (Å²) < 4.78 is 0. The van der Waals surface area contributed by atoms with Gasteiger partial charge in [0.1, 0.15) is 0 Å². The summed E-state index contributed by atoms with van der Waals surface area (Å²) in [5, 5.41) is 0. The van der Waals surface area contributed by atoms with Gasteiger partial charge < -0.3 is 0 Å². The highest BCUT2D eigenvalue weighted by Gasteiger charge is 2.08. The third-order valence-corrected chi connectivity index (χ3v) is 1.72. The van der Waals surface area contributed by atoms with Crippen molar-refractivity contribution in [3.05, 3.63) is 29.6 Å². The SMILES string of the molecule is CCc1cnccc1C(=O)NOC. The van der Waals surface area contributed by atoms with E-state index < -0.39 is 0 Å². The Hall–Kier alpha value is -1.42. The van der Waals surface area contributed by atoms with Crippen molar-refractivity contribution in [1.29, 1.82) is 0 Å². The Morgan fingerprint density at radius 3 is 3.08 bits per heavy atom. The minimum atomic E-state index is -0.234. The van der Waals surface area contributed by atoms with Crippen molar-refractivity contribution < 1.29 is 9.63 Å². The molecule has 0 bridgehead atoms. The van der Waals surface area contributed by atoms with Gasteiger partial charge >= 0.3 is 0 Å². The maximum atomic E-state index is 11.4. The molecule has 0 fully saturated rings. The van der Waals surface area contributed by atoms with Gasteiger partial charge in [-0.1, -0.05) is 6.92 Å². The van der Waals surface area contributed by atoms with Gasteiger partial charge in [-0.2, -0.15) is 0 Å². The molecule has 70 valence electrons. The second-order valence-corrected chi connectivity index (χ2v) is 2.52. The van der Waals surface area contributed by atoms with E-state index in [4.69, 9.17) is 0 Å². The van der Waals surface area contributed by atoms with E-state index in [1.807, 2.05) is 6.92 Å². The van der Waals surface area contributed by atoms with Crippen LogP contribution in [0, 0.1) is 0 Å². The van der Waals surface area contributed by atoms with Crippen LogP contribution in [0.25, 0.3) is 0 Å². The Bertz CT molecular complexity index is 299. The quantitative estimate of drug-likeness (QED) is 0.704. The van der Waals surface area contributed by atoms with E-state index in [1.54, 1.807) is 18.5 Å². The first-order chi connectivity index (χ1) is 6.29. The minimum Gasteiger partial charge on any atom is -0.277 e. The van der Waals surface area contributed by atoms with Crippen molar-refractivity contribution >= 4 is 5.91 Å². The summed E-state index contributed by atoms with van der Waals surface area (Å²) in [6.45, 7) is 1.97. The lowest BCUT2D eigenvalue weighted by Gasteiger charge is -2.05. The van der Waals surface area contributed by atoms with E-state index >= 15 is 0 Å². The number of carbonyl (C=O) groups is 1. The largest absolute Gasteiger partial charge is 0.277 e. The lowest BCUT2D eigenvalue weighted by atomic mass is 10.1. The summed E-state index contributed by atoms with van der Waals surface area (Å²) in [6, 6.07) is 1.67. The number of hydrogen-bond donors (Lipinski definition) is 1. The lowest BCUT2D eigenvalue weighted by Crippen LogP contribution is -2.23. The average Bonchev–Trinajstić information content (AvgIpc) is 2.18. The number of hydrogen-bond acceptors (Lipinski definition) is 3. The number of pyridine rings is 1.